The molecule has 108 valence electrons. The quantitative estimate of drug-likeness (QED) is 0.781. The first-order valence-corrected chi connectivity index (χ1v) is 7.20. The molecule has 1 N–H and O–H groups in total. The van der Waals surface area contributed by atoms with Gasteiger partial charge in [0.05, 0.1) is 16.9 Å². The number of aromatic nitrogens is 4. The summed E-state index contributed by atoms with van der Waals surface area (Å²) in [5.41, 5.74) is 3.89. The summed E-state index contributed by atoms with van der Waals surface area (Å²) >= 11 is 0. The first kappa shape index (κ1) is 13.7. The highest BCUT2D eigenvalue weighted by Gasteiger charge is 2.06. The summed E-state index contributed by atoms with van der Waals surface area (Å²) in [6, 6.07) is 11.9. The summed E-state index contributed by atoms with van der Waals surface area (Å²) in [5.74, 6) is 0.632. The van der Waals surface area contributed by atoms with Crippen molar-refractivity contribution >= 4 is 11.0 Å². The number of benzene rings is 1. The van der Waals surface area contributed by atoms with E-state index in [0.717, 1.165) is 35.5 Å². The Kier molecular flexibility index (Phi) is 3.92. The summed E-state index contributed by atoms with van der Waals surface area (Å²) in [6.45, 7) is 6.13. The summed E-state index contributed by atoms with van der Waals surface area (Å²) in [5, 5.41) is 11.8. The van der Waals surface area contributed by atoms with Gasteiger partial charge in [-0.2, -0.15) is 0 Å². The van der Waals surface area contributed by atoms with Gasteiger partial charge in [0.1, 0.15) is 5.52 Å². The molecule has 2 aromatic heterocycles. The third kappa shape index (κ3) is 3.08. The molecular weight excluding hydrogens is 262 g/mol. The van der Waals surface area contributed by atoms with Crippen LogP contribution < -0.4 is 5.32 Å². The van der Waals surface area contributed by atoms with Crippen LogP contribution in [0.15, 0.2) is 42.6 Å². The Labute approximate surface area is 124 Å². The van der Waals surface area contributed by atoms with Crippen LogP contribution in [0.4, 0.5) is 0 Å². The highest BCUT2D eigenvalue weighted by atomic mass is 15.4. The zero-order valence-electron chi connectivity index (χ0n) is 12.3. The number of nitrogens with zero attached hydrogens (tertiary/aromatic N) is 4. The van der Waals surface area contributed by atoms with Gasteiger partial charge in [0.2, 0.25) is 0 Å². The van der Waals surface area contributed by atoms with Gasteiger partial charge in [0.25, 0.3) is 0 Å². The Morgan fingerprint density at radius 1 is 1.19 bits per heavy atom. The molecule has 0 spiro atoms. The fourth-order valence-electron chi connectivity index (χ4n) is 2.24. The number of para-hydroxylation sites is 1. The van der Waals surface area contributed by atoms with Gasteiger partial charge in [-0.15, -0.1) is 5.10 Å². The molecule has 0 aliphatic carbocycles. The van der Waals surface area contributed by atoms with Gasteiger partial charge in [-0.3, -0.25) is 4.98 Å². The lowest BCUT2D eigenvalue weighted by atomic mass is 10.2. The Bertz CT molecular complexity index is 732. The van der Waals surface area contributed by atoms with Crippen LogP contribution in [0, 0.1) is 5.92 Å². The molecule has 0 aliphatic rings. The van der Waals surface area contributed by atoms with Crippen molar-refractivity contribution in [1.82, 2.24) is 25.3 Å². The van der Waals surface area contributed by atoms with Crippen molar-refractivity contribution in [2.45, 2.75) is 20.4 Å². The number of fused-ring (bicyclic) bond motifs is 1. The second-order valence-electron chi connectivity index (χ2n) is 5.52. The molecule has 0 atom stereocenters. The van der Waals surface area contributed by atoms with Crippen molar-refractivity contribution < 1.29 is 0 Å². The summed E-state index contributed by atoms with van der Waals surface area (Å²) in [7, 11) is 0. The molecule has 21 heavy (non-hydrogen) atoms. The van der Waals surface area contributed by atoms with E-state index in [-0.39, 0.29) is 0 Å². The molecule has 3 aromatic rings. The molecule has 1 aromatic carbocycles. The molecule has 0 bridgehead atoms. The van der Waals surface area contributed by atoms with Crippen molar-refractivity contribution in [3.8, 4) is 5.69 Å². The first-order valence-electron chi connectivity index (χ1n) is 7.20. The van der Waals surface area contributed by atoms with Gasteiger partial charge in [-0.05, 0) is 36.7 Å². The van der Waals surface area contributed by atoms with E-state index in [9.17, 15) is 0 Å². The van der Waals surface area contributed by atoms with Crippen LogP contribution in [0.2, 0.25) is 0 Å². The normalized spacial score (nSPS) is 11.4. The van der Waals surface area contributed by atoms with E-state index in [0.29, 0.717) is 5.92 Å². The summed E-state index contributed by atoms with van der Waals surface area (Å²) < 4.78 is 1.85. The lowest BCUT2D eigenvalue weighted by Crippen LogP contribution is -2.19. The molecule has 5 heteroatoms. The lowest BCUT2D eigenvalue weighted by molar-refractivity contribution is 0.548. The van der Waals surface area contributed by atoms with E-state index in [1.807, 2.05) is 41.2 Å². The molecule has 0 amide bonds. The molecule has 0 radical (unpaired) electrons. The minimum atomic E-state index is 0.632. The predicted molar refractivity (Wildman–Crippen MR) is 83.2 cm³/mol. The fourth-order valence-corrected chi connectivity index (χ4v) is 2.24. The van der Waals surface area contributed by atoms with Gasteiger partial charge < -0.3 is 5.32 Å². The first-order chi connectivity index (χ1) is 10.2. The lowest BCUT2D eigenvalue weighted by Gasteiger charge is -2.08. The maximum absolute atomic E-state index is 4.40. The Morgan fingerprint density at radius 2 is 2.05 bits per heavy atom. The van der Waals surface area contributed by atoms with Gasteiger partial charge >= 0.3 is 0 Å². The van der Waals surface area contributed by atoms with E-state index in [4.69, 9.17) is 0 Å². The van der Waals surface area contributed by atoms with Crippen molar-refractivity contribution in [3.05, 3.63) is 48.3 Å². The molecule has 3 rings (SSSR count). The van der Waals surface area contributed by atoms with E-state index in [1.165, 1.54) is 0 Å². The molecule has 0 saturated carbocycles. The Hall–Kier alpha value is -2.27. The van der Waals surface area contributed by atoms with Crippen LogP contribution in [0.25, 0.3) is 16.7 Å². The molecule has 0 saturated heterocycles. The van der Waals surface area contributed by atoms with E-state index in [2.05, 4.69) is 40.5 Å². The minimum absolute atomic E-state index is 0.632. The molecular formula is C16H19N5. The third-order valence-electron chi connectivity index (χ3n) is 3.26. The second kappa shape index (κ2) is 6.01. The maximum atomic E-state index is 4.40. The van der Waals surface area contributed by atoms with Crippen molar-refractivity contribution in [3.63, 3.8) is 0 Å². The SMILES string of the molecule is CC(C)CNCc1cc(-n2nnc3ccccc32)ccn1. The van der Waals surface area contributed by atoms with E-state index >= 15 is 0 Å². The highest BCUT2D eigenvalue weighted by molar-refractivity contribution is 5.75. The molecule has 0 aliphatic heterocycles. The van der Waals surface area contributed by atoms with Gasteiger partial charge in [0.15, 0.2) is 0 Å². The van der Waals surface area contributed by atoms with Crippen LogP contribution >= 0.6 is 0 Å². The number of hydrogen-bond donors (Lipinski definition) is 1. The number of hydrogen-bond acceptors (Lipinski definition) is 4. The average molecular weight is 281 g/mol. The Morgan fingerprint density at radius 3 is 2.90 bits per heavy atom. The second-order valence-corrected chi connectivity index (χ2v) is 5.52. The third-order valence-corrected chi connectivity index (χ3v) is 3.26. The molecule has 2 heterocycles. The van der Waals surface area contributed by atoms with Crippen molar-refractivity contribution in [1.29, 1.82) is 0 Å². The maximum Gasteiger partial charge on any atom is 0.113 e. The van der Waals surface area contributed by atoms with Crippen LogP contribution in [0.1, 0.15) is 19.5 Å². The van der Waals surface area contributed by atoms with Crippen LogP contribution in [0.3, 0.4) is 0 Å². The van der Waals surface area contributed by atoms with Gasteiger partial charge in [0, 0.05) is 12.7 Å². The highest BCUT2D eigenvalue weighted by Crippen LogP contribution is 2.15. The monoisotopic (exact) mass is 281 g/mol. The number of pyridine rings is 1. The van der Waals surface area contributed by atoms with Crippen molar-refractivity contribution in [2.75, 3.05) is 6.54 Å². The van der Waals surface area contributed by atoms with Crippen LogP contribution in [-0.4, -0.2) is 26.5 Å². The van der Waals surface area contributed by atoms with Crippen molar-refractivity contribution in [2.24, 2.45) is 5.92 Å². The summed E-state index contributed by atoms with van der Waals surface area (Å²) in [6.07, 6.45) is 1.82. The predicted octanol–water partition coefficient (Wildman–Crippen LogP) is 2.56. The van der Waals surface area contributed by atoms with E-state index in [1.54, 1.807) is 0 Å². The van der Waals surface area contributed by atoms with Crippen LogP contribution in [-0.2, 0) is 6.54 Å². The number of rotatable bonds is 5. The minimum Gasteiger partial charge on any atom is -0.311 e. The molecule has 0 unspecified atom stereocenters. The zero-order valence-corrected chi connectivity index (χ0v) is 12.3. The molecule has 0 fully saturated rings. The van der Waals surface area contributed by atoms with Gasteiger partial charge in [-0.1, -0.05) is 31.2 Å². The van der Waals surface area contributed by atoms with Gasteiger partial charge in [-0.25, -0.2) is 4.68 Å². The van der Waals surface area contributed by atoms with E-state index < -0.39 is 0 Å². The fraction of sp³-hybridized carbons (Fsp3) is 0.312. The zero-order chi connectivity index (χ0) is 14.7. The number of nitrogens with one attached hydrogen (secondary N) is 1. The van der Waals surface area contributed by atoms with Crippen LogP contribution in [0.5, 0.6) is 0 Å². The smallest absolute Gasteiger partial charge is 0.113 e. The topological polar surface area (TPSA) is 55.6 Å². The molecule has 5 nitrogen and oxygen atoms in total. The standard InChI is InChI=1S/C16H19N5/c1-12(2)10-17-11-13-9-14(7-8-18-13)21-16-6-4-3-5-15(16)19-20-21/h3-9,12,17H,10-11H2,1-2H3. The largest absolute Gasteiger partial charge is 0.311 e. The Balaban J connectivity index is 1.85. The summed E-state index contributed by atoms with van der Waals surface area (Å²) in [4.78, 5) is 4.40. The average Bonchev–Trinajstić information content (AvgIpc) is 2.91.